The van der Waals surface area contributed by atoms with Gasteiger partial charge in [-0.1, -0.05) is 0 Å². The van der Waals surface area contributed by atoms with Crippen LogP contribution in [0.15, 0.2) is 43.0 Å². The number of anilines is 1. The van der Waals surface area contributed by atoms with Crippen LogP contribution in [0.4, 0.5) is 18.9 Å². The normalized spacial score (nSPS) is 18.0. The molecule has 2 N–H and O–H groups in total. The molecule has 3 aromatic heterocycles. The predicted molar refractivity (Wildman–Crippen MR) is 127 cm³/mol. The van der Waals surface area contributed by atoms with Crippen LogP contribution >= 0.6 is 0 Å². The summed E-state index contributed by atoms with van der Waals surface area (Å²) in [7, 11) is -4.14. The minimum atomic E-state index is -4.14. The Morgan fingerprint density at radius 2 is 1.81 bits per heavy atom. The number of nitrogens with one attached hydrogen (secondary N) is 2. The van der Waals surface area contributed by atoms with Gasteiger partial charge in [0.2, 0.25) is 15.8 Å². The van der Waals surface area contributed by atoms with E-state index in [0.29, 0.717) is 28.0 Å². The van der Waals surface area contributed by atoms with E-state index in [4.69, 9.17) is 0 Å². The SMILES string of the molecule is Cc1ncc(-c2cnc3[nH]cc(C(=O)c4c(F)ccc(NS(=O)(=O)C5CC[C@@H](F)C5)c4F)c3c2)cn1. The van der Waals surface area contributed by atoms with Crippen LogP contribution in [0.25, 0.3) is 22.2 Å². The number of fused-ring (bicyclic) bond motifs is 1. The van der Waals surface area contributed by atoms with Gasteiger partial charge in [-0.15, -0.1) is 0 Å². The number of aromatic nitrogens is 4. The molecule has 4 aromatic rings. The van der Waals surface area contributed by atoms with Crippen molar-refractivity contribution in [2.45, 2.75) is 37.6 Å². The summed E-state index contributed by atoms with van der Waals surface area (Å²) in [6, 6.07) is 3.33. The molecule has 186 valence electrons. The summed E-state index contributed by atoms with van der Waals surface area (Å²) in [4.78, 5) is 28.6. The zero-order valence-corrected chi connectivity index (χ0v) is 19.7. The second-order valence-electron chi connectivity index (χ2n) is 8.63. The highest BCUT2D eigenvalue weighted by Crippen LogP contribution is 2.32. The molecule has 0 saturated heterocycles. The summed E-state index contributed by atoms with van der Waals surface area (Å²) in [5.41, 5.74) is -0.0318. The summed E-state index contributed by atoms with van der Waals surface area (Å²) in [6.07, 6.45) is 4.71. The Bertz CT molecular complexity index is 1590. The van der Waals surface area contributed by atoms with Crippen molar-refractivity contribution in [3.63, 3.8) is 0 Å². The molecule has 1 fully saturated rings. The van der Waals surface area contributed by atoms with Crippen molar-refractivity contribution in [1.82, 2.24) is 19.9 Å². The second-order valence-corrected chi connectivity index (χ2v) is 10.6. The van der Waals surface area contributed by atoms with Gasteiger partial charge < -0.3 is 4.98 Å². The maximum Gasteiger partial charge on any atom is 0.235 e. The van der Waals surface area contributed by atoms with E-state index < -0.39 is 50.1 Å². The van der Waals surface area contributed by atoms with Gasteiger partial charge in [0.15, 0.2) is 5.82 Å². The summed E-state index contributed by atoms with van der Waals surface area (Å²) < 4.78 is 70.9. The predicted octanol–water partition coefficient (Wildman–Crippen LogP) is 4.47. The molecule has 1 aromatic carbocycles. The number of aryl methyl sites for hydroxylation is 1. The number of aromatic amines is 1. The average Bonchev–Trinajstić information content (AvgIpc) is 3.48. The molecular formula is C24H20F3N5O3S. The summed E-state index contributed by atoms with van der Waals surface area (Å²) in [5, 5.41) is -0.734. The number of sulfonamides is 1. The third kappa shape index (κ3) is 4.32. The number of hydrogen-bond donors (Lipinski definition) is 2. The lowest BCUT2D eigenvalue weighted by atomic mass is 10.0. The van der Waals surface area contributed by atoms with Crippen molar-refractivity contribution in [2.24, 2.45) is 0 Å². The topological polar surface area (TPSA) is 118 Å². The minimum Gasteiger partial charge on any atom is -0.345 e. The number of ketones is 1. The van der Waals surface area contributed by atoms with Crippen LogP contribution in [-0.4, -0.2) is 45.6 Å². The first-order chi connectivity index (χ1) is 17.1. The lowest BCUT2D eigenvalue weighted by Crippen LogP contribution is -2.26. The smallest absolute Gasteiger partial charge is 0.235 e. The highest BCUT2D eigenvalue weighted by molar-refractivity contribution is 7.93. The van der Waals surface area contributed by atoms with E-state index in [1.54, 1.807) is 31.6 Å². The van der Waals surface area contributed by atoms with Crippen molar-refractivity contribution in [3.8, 4) is 11.1 Å². The van der Waals surface area contributed by atoms with E-state index in [2.05, 4.69) is 24.7 Å². The number of H-pyrrole nitrogens is 1. The van der Waals surface area contributed by atoms with E-state index in [0.717, 1.165) is 12.1 Å². The molecule has 1 aliphatic carbocycles. The lowest BCUT2D eigenvalue weighted by Gasteiger charge is -2.15. The van der Waals surface area contributed by atoms with Crippen molar-refractivity contribution in [3.05, 3.63) is 71.6 Å². The Hall–Kier alpha value is -3.80. The molecule has 0 spiro atoms. The number of carbonyl (C=O) groups excluding carboxylic acids is 1. The van der Waals surface area contributed by atoms with Crippen LogP contribution in [-0.2, 0) is 10.0 Å². The molecule has 0 bridgehead atoms. The van der Waals surface area contributed by atoms with Gasteiger partial charge in [0.1, 0.15) is 23.5 Å². The first-order valence-electron chi connectivity index (χ1n) is 11.1. The zero-order valence-electron chi connectivity index (χ0n) is 18.9. The maximum atomic E-state index is 15.3. The van der Waals surface area contributed by atoms with Crippen molar-refractivity contribution < 1.29 is 26.4 Å². The Morgan fingerprint density at radius 1 is 1.08 bits per heavy atom. The molecular weight excluding hydrogens is 495 g/mol. The highest BCUT2D eigenvalue weighted by Gasteiger charge is 2.35. The fourth-order valence-electron chi connectivity index (χ4n) is 4.27. The molecule has 12 heteroatoms. The molecule has 0 radical (unpaired) electrons. The fourth-order valence-corrected chi connectivity index (χ4v) is 5.81. The molecule has 1 unspecified atom stereocenters. The Labute approximate surface area is 204 Å². The number of halogens is 3. The van der Waals surface area contributed by atoms with Crippen LogP contribution in [0, 0.1) is 18.6 Å². The van der Waals surface area contributed by atoms with Gasteiger partial charge in [-0.05, 0) is 44.4 Å². The molecule has 1 aliphatic rings. The Morgan fingerprint density at radius 3 is 2.50 bits per heavy atom. The molecule has 3 heterocycles. The van der Waals surface area contributed by atoms with Crippen LogP contribution in [0.1, 0.15) is 41.0 Å². The first-order valence-corrected chi connectivity index (χ1v) is 12.6. The molecule has 0 amide bonds. The number of pyridine rings is 1. The van der Waals surface area contributed by atoms with Crippen LogP contribution in [0.5, 0.6) is 0 Å². The average molecular weight is 516 g/mol. The Balaban J connectivity index is 1.52. The van der Waals surface area contributed by atoms with E-state index >= 15 is 4.39 Å². The quantitative estimate of drug-likeness (QED) is 0.366. The Kier molecular flexibility index (Phi) is 5.99. The van der Waals surface area contributed by atoms with Crippen molar-refractivity contribution >= 4 is 32.5 Å². The van der Waals surface area contributed by atoms with E-state index in [1.807, 2.05) is 0 Å². The van der Waals surface area contributed by atoms with Gasteiger partial charge in [-0.3, -0.25) is 9.52 Å². The van der Waals surface area contributed by atoms with E-state index in [-0.39, 0.29) is 24.8 Å². The molecule has 36 heavy (non-hydrogen) atoms. The fraction of sp³-hybridized carbons (Fsp3) is 0.250. The minimum absolute atomic E-state index is 0.0544. The van der Waals surface area contributed by atoms with Crippen LogP contribution < -0.4 is 4.72 Å². The standard InChI is InChI=1S/C24H20F3N5O3S/c1-12-28-9-14(10-29-12)13-6-17-18(11-31-24(17)30-8-13)23(33)21-19(26)4-5-20(22(21)27)32-36(34,35)16-3-2-15(25)7-16/h4-6,8-11,15-16,32H,2-3,7H2,1H3,(H,30,31)/t15-,16?/m1/s1. The van der Waals surface area contributed by atoms with E-state index in [9.17, 15) is 22.0 Å². The number of nitrogens with zero attached hydrogens (tertiary/aromatic N) is 3. The van der Waals surface area contributed by atoms with Gasteiger partial charge in [-0.2, -0.15) is 0 Å². The van der Waals surface area contributed by atoms with Gasteiger partial charge in [0.05, 0.1) is 16.5 Å². The van der Waals surface area contributed by atoms with Crippen molar-refractivity contribution in [2.75, 3.05) is 4.72 Å². The largest absolute Gasteiger partial charge is 0.345 e. The van der Waals surface area contributed by atoms with Gasteiger partial charge in [-0.25, -0.2) is 36.5 Å². The highest BCUT2D eigenvalue weighted by atomic mass is 32.2. The van der Waals surface area contributed by atoms with Gasteiger partial charge >= 0.3 is 0 Å². The number of alkyl halides is 1. The first kappa shape index (κ1) is 23.9. The number of rotatable bonds is 6. The third-order valence-corrected chi connectivity index (χ3v) is 8.03. The van der Waals surface area contributed by atoms with Crippen LogP contribution in [0.2, 0.25) is 0 Å². The zero-order chi connectivity index (χ0) is 25.6. The summed E-state index contributed by atoms with van der Waals surface area (Å²) >= 11 is 0. The van der Waals surface area contributed by atoms with Crippen molar-refractivity contribution in [1.29, 1.82) is 0 Å². The molecule has 8 nitrogen and oxygen atoms in total. The molecule has 1 saturated carbocycles. The summed E-state index contributed by atoms with van der Waals surface area (Å²) in [6.45, 7) is 1.73. The molecule has 0 aliphatic heterocycles. The summed E-state index contributed by atoms with van der Waals surface area (Å²) in [5.74, 6) is -2.94. The second kappa shape index (κ2) is 9.01. The van der Waals surface area contributed by atoms with Gasteiger partial charge in [0.25, 0.3) is 0 Å². The van der Waals surface area contributed by atoms with Crippen LogP contribution in [0.3, 0.4) is 0 Å². The number of hydrogen-bond acceptors (Lipinski definition) is 6. The lowest BCUT2D eigenvalue weighted by molar-refractivity contribution is 0.103. The molecule has 2 atom stereocenters. The maximum absolute atomic E-state index is 15.3. The number of benzene rings is 1. The monoisotopic (exact) mass is 515 g/mol. The number of carbonyl (C=O) groups is 1. The third-order valence-electron chi connectivity index (χ3n) is 6.22. The van der Waals surface area contributed by atoms with E-state index in [1.165, 1.54) is 6.20 Å². The van der Waals surface area contributed by atoms with Gasteiger partial charge in [0, 0.05) is 46.9 Å². The molecule has 5 rings (SSSR count).